The Balaban J connectivity index is 2.50. The molecule has 0 aliphatic heterocycles. The van der Waals surface area contributed by atoms with Gasteiger partial charge in [-0.25, -0.2) is 0 Å². The lowest BCUT2D eigenvalue weighted by Crippen LogP contribution is -2.14. The molecule has 1 atom stereocenters. The van der Waals surface area contributed by atoms with Crippen LogP contribution in [0.15, 0.2) is 30.3 Å². The van der Waals surface area contributed by atoms with E-state index in [0.717, 1.165) is 6.07 Å². The van der Waals surface area contributed by atoms with Crippen molar-refractivity contribution in [3.8, 4) is 0 Å². The van der Waals surface area contributed by atoms with Crippen molar-refractivity contribution in [1.82, 2.24) is 9.78 Å². The van der Waals surface area contributed by atoms with Crippen molar-refractivity contribution in [2.24, 2.45) is 7.05 Å². The SMILES string of the molecule is Cc1cc(C(O)c2ccccc2C(F)(F)F)n(C)n1. The third-order valence-electron chi connectivity index (χ3n) is 2.88. The monoisotopic (exact) mass is 270 g/mol. The molecular weight excluding hydrogens is 257 g/mol. The molecule has 2 rings (SSSR count). The lowest BCUT2D eigenvalue weighted by molar-refractivity contribution is -0.139. The first-order valence-electron chi connectivity index (χ1n) is 5.65. The lowest BCUT2D eigenvalue weighted by Gasteiger charge is -2.17. The van der Waals surface area contributed by atoms with Crippen molar-refractivity contribution in [3.63, 3.8) is 0 Å². The minimum atomic E-state index is -4.49. The molecular formula is C13H13F3N2O. The number of aromatic nitrogens is 2. The standard InChI is InChI=1S/C13H13F3N2O/c1-8-7-11(18(2)17-8)12(19)9-5-3-4-6-10(9)13(14,15)16/h3-7,12,19H,1-2H3. The fourth-order valence-electron chi connectivity index (χ4n) is 2.04. The summed E-state index contributed by atoms with van der Waals surface area (Å²) in [7, 11) is 1.59. The highest BCUT2D eigenvalue weighted by Gasteiger charge is 2.35. The number of hydrogen-bond acceptors (Lipinski definition) is 2. The smallest absolute Gasteiger partial charge is 0.382 e. The molecule has 0 saturated heterocycles. The second-order valence-corrected chi connectivity index (χ2v) is 4.32. The van der Waals surface area contributed by atoms with Crippen LogP contribution >= 0.6 is 0 Å². The van der Waals surface area contributed by atoms with Gasteiger partial charge in [0.1, 0.15) is 6.10 Å². The van der Waals surface area contributed by atoms with Crippen LogP contribution in [0, 0.1) is 6.92 Å². The van der Waals surface area contributed by atoms with E-state index in [9.17, 15) is 18.3 Å². The Morgan fingerprint density at radius 3 is 2.42 bits per heavy atom. The van der Waals surface area contributed by atoms with E-state index in [-0.39, 0.29) is 5.56 Å². The fraction of sp³-hybridized carbons (Fsp3) is 0.308. The molecule has 0 amide bonds. The highest BCUT2D eigenvalue weighted by Crippen LogP contribution is 2.36. The zero-order chi connectivity index (χ0) is 14.2. The number of aliphatic hydroxyl groups excluding tert-OH is 1. The van der Waals surface area contributed by atoms with E-state index in [4.69, 9.17) is 0 Å². The summed E-state index contributed by atoms with van der Waals surface area (Å²) < 4.78 is 40.1. The first-order chi connectivity index (χ1) is 8.80. The molecule has 0 fully saturated rings. The van der Waals surface area contributed by atoms with Crippen LogP contribution in [0.25, 0.3) is 0 Å². The maximum absolute atomic E-state index is 12.9. The number of aliphatic hydroxyl groups is 1. The molecule has 1 unspecified atom stereocenters. The second kappa shape index (κ2) is 4.70. The quantitative estimate of drug-likeness (QED) is 0.911. The van der Waals surface area contributed by atoms with Crippen LogP contribution in [0.1, 0.15) is 28.6 Å². The zero-order valence-corrected chi connectivity index (χ0v) is 10.4. The molecule has 102 valence electrons. The fourth-order valence-corrected chi connectivity index (χ4v) is 2.04. The van der Waals surface area contributed by atoms with E-state index < -0.39 is 17.8 Å². The lowest BCUT2D eigenvalue weighted by atomic mass is 9.99. The maximum atomic E-state index is 12.9. The predicted octanol–water partition coefficient (Wildman–Crippen LogP) is 2.83. The first kappa shape index (κ1) is 13.6. The summed E-state index contributed by atoms with van der Waals surface area (Å²) >= 11 is 0. The Morgan fingerprint density at radius 1 is 1.26 bits per heavy atom. The van der Waals surface area contributed by atoms with Crippen LogP contribution < -0.4 is 0 Å². The Labute approximate surface area is 108 Å². The molecule has 3 nitrogen and oxygen atoms in total. The molecule has 1 aromatic carbocycles. The van der Waals surface area contributed by atoms with Crippen LogP contribution in [0.2, 0.25) is 0 Å². The van der Waals surface area contributed by atoms with Gasteiger partial charge in [-0.15, -0.1) is 0 Å². The normalized spacial score (nSPS) is 13.6. The number of nitrogens with zero attached hydrogens (tertiary/aromatic N) is 2. The largest absolute Gasteiger partial charge is 0.416 e. The molecule has 2 aromatic rings. The molecule has 0 aliphatic carbocycles. The van der Waals surface area contributed by atoms with Gasteiger partial charge in [-0.2, -0.15) is 18.3 Å². The van der Waals surface area contributed by atoms with Gasteiger partial charge in [-0.05, 0) is 24.6 Å². The van der Waals surface area contributed by atoms with Crippen molar-refractivity contribution in [2.75, 3.05) is 0 Å². The van der Waals surface area contributed by atoms with Gasteiger partial charge in [-0.1, -0.05) is 18.2 Å². The highest BCUT2D eigenvalue weighted by molar-refractivity contribution is 5.36. The molecule has 1 N–H and O–H groups in total. The third kappa shape index (κ3) is 2.63. The van der Waals surface area contributed by atoms with Crippen molar-refractivity contribution < 1.29 is 18.3 Å². The molecule has 6 heteroatoms. The number of hydrogen-bond donors (Lipinski definition) is 1. The van der Waals surface area contributed by atoms with Crippen molar-refractivity contribution in [3.05, 3.63) is 52.8 Å². The highest BCUT2D eigenvalue weighted by atomic mass is 19.4. The summed E-state index contributed by atoms with van der Waals surface area (Å²) in [5.41, 5.74) is -0.0328. The molecule has 0 saturated carbocycles. The summed E-state index contributed by atoms with van der Waals surface area (Å²) in [6.07, 6.45) is -5.85. The Morgan fingerprint density at radius 2 is 1.89 bits per heavy atom. The molecule has 1 aromatic heterocycles. The van der Waals surface area contributed by atoms with Gasteiger partial charge < -0.3 is 5.11 Å². The average molecular weight is 270 g/mol. The van der Waals surface area contributed by atoms with Crippen LogP contribution in [0.5, 0.6) is 0 Å². The zero-order valence-electron chi connectivity index (χ0n) is 10.4. The van der Waals surface area contributed by atoms with E-state index >= 15 is 0 Å². The van der Waals surface area contributed by atoms with Crippen molar-refractivity contribution >= 4 is 0 Å². The van der Waals surface area contributed by atoms with E-state index in [1.165, 1.54) is 22.9 Å². The first-order valence-corrected chi connectivity index (χ1v) is 5.65. The number of aryl methyl sites for hydroxylation is 2. The van der Waals surface area contributed by atoms with Crippen molar-refractivity contribution in [2.45, 2.75) is 19.2 Å². The van der Waals surface area contributed by atoms with Crippen LogP contribution in [0.4, 0.5) is 13.2 Å². The number of halogens is 3. The van der Waals surface area contributed by atoms with Crippen molar-refractivity contribution in [1.29, 1.82) is 0 Å². The Hall–Kier alpha value is -1.82. The number of benzene rings is 1. The van der Waals surface area contributed by atoms with Gasteiger partial charge in [-0.3, -0.25) is 4.68 Å². The van der Waals surface area contributed by atoms with Crippen LogP contribution in [0.3, 0.4) is 0 Å². The Kier molecular flexibility index (Phi) is 3.36. The summed E-state index contributed by atoms with van der Waals surface area (Å²) in [5.74, 6) is 0. The number of rotatable bonds is 2. The van der Waals surface area contributed by atoms with Crippen LogP contribution in [-0.2, 0) is 13.2 Å². The minimum absolute atomic E-state index is 0.169. The summed E-state index contributed by atoms with van der Waals surface area (Å²) in [6, 6.07) is 6.57. The van der Waals surface area contributed by atoms with E-state index in [1.54, 1.807) is 20.0 Å². The Bertz CT molecular complexity index is 590. The van der Waals surface area contributed by atoms with E-state index in [1.807, 2.05) is 0 Å². The predicted molar refractivity (Wildman–Crippen MR) is 63.5 cm³/mol. The minimum Gasteiger partial charge on any atom is -0.382 e. The van der Waals surface area contributed by atoms with E-state index in [0.29, 0.717) is 11.4 Å². The summed E-state index contributed by atoms with van der Waals surface area (Å²) in [6.45, 7) is 1.71. The van der Waals surface area contributed by atoms with Gasteiger partial charge in [0.2, 0.25) is 0 Å². The maximum Gasteiger partial charge on any atom is 0.416 e. The molecule has 19 heavy (non-hydrogen) atoms. The van der Waals surface area contributed by atoms with E-state index in [2.05, 4.69) is 5.10 Å². The summed E-state index contributed by atoms with van der Waals surface area (Å²) in [4.78, 5) is 0. The second-order valence-electron chi connectivity index (χ2n) is 4.32. The third-order valence-corrected chi connectivity index (χ3v) is 2.88. The van der Waals surface area contributed by atoms with Gasteiger partial charge in [0.15, 0.2) is 0 Å². The average Bonchev–Trinajstić information content (AvgIpc) is 2.66. The van der Waals surface area contributed by atoms with Gasteiger partial charge in [0, 0.05) is 7.05 Å². The molecule has 0 radical (unpaired) electrons. The molecule has 0 bridgehead atoms. The topological polar surface area (TPSA) is 38.0 Å². The van der Waals surface area contributed by atoms with Crippen LogP contribution in [-0.4, -0.2) is 14.9 Å². The summed E-state index contributed by atoms with van der Waals surface area (Å²) in [5, 5.41) is 14.2. The molecule has 0 spiro atoms. The van der Waals surface area contributed by atoms with Gasteiger partial charge >= 0.3 is 6.18 Å². The number of alkyl halides is 3. The van der Waals surface area contributed by atoms with Gasteiger partial charge in [0.05, 0.1) is 17.0 Å². The van der Waals surface area contributed by atoms with Gasteiger partial charge in [0.25, 0.3) is 0 Å². The molecule has 0 aliphatic rings. The molecule has 1 heterocycles.